The average molecular weight is 280 g/mol. The van der Waals surface area contributed by atoms with Gasteiger partial charge in [0.15, 0.2) is 5.13 Å². The van der Waals surface area contributed by atoms with E-state index in [2.05, 4.69) is 19.9 Å². The van der Waals surface area contributed by atoms with Crippen LogP contribution in [0.1, 0.15) is 0 Å². The number of anilines is 1. The normalized spacial score (nSPS) is 11.8. The zero-order chi connectivity index (χ0) is 12.6. The molecule has 8 heteroatoms. The standard InChI is InChI=1S/C10H8N4O2S2/c15-18(16,7-5-11-12-6-7)14-10-13-8-3-1-2-4-9(8)17-10/h1-6H,(H,11,12)(H,13,14). The van der Waals surface area contributed by atoms with Crippen molar-refractivity contribution in [2.24, 2.45) is 0 Å². The number of hydrogen-bond acceptors (Lipinski definition) is 5. The number of sulfonamides is 1. The van der Waals surface area contributed by atoms with Crippen LogP contribution in [0.2, 0.25) is 0 Å². The monoisotopic (exact) mass is 280 g/mol. The van der Waals surface area contributed by atoms with Crippen molar-refractivity contribution in [1.29, 1.82) is 0 Å². The molecular weight excluding hydrogens is 272 g/mol. The smallest absolute Gasteiger partial charge is 0.266 e. The molecule has 0 unspecified atom stereocenters. The second kappa shape index (κ2) is 4.07. The molecule has 6 nitrogen and oxygen atoms in total. The Kier molecular flexibility index (Phi) is 2.53. The van der Waals surface area contributed by atoms with E-state index in [4.69, 9.17) is 0 Å². The zero-order valence-electron chi connectivity index (χ0n) is 8.99. The van der Waals surface area contributed by atoms with Crippen LogP contribution in [0.15, 0.2) is 41.6 Å². The molecule has 0 aliphatic rings. The van der Waals surface area contributed by atoms with Crippen LogP contribution >= 0.6 is 11.3 Å². The van der Waals surface area contributed by atoms with Gasteiger partial charge in [0.2, 0.25) is 0 Å². The molecule has 0 atom stereocenters. The summed E-state index contributed by atoms with van der Waals surface area (Å²) in [5, 5.41) is 6.42. The van der Waals surface area contributed by atoms with Crippen LogP contribution in [0, 0.1) is 0 Å². The van der Waals surface area contributed by atoms with Crippen molar-refractivity contribution in [3.05, 3.63) is 36.7 Å². The molecule has 3 aromatic rings. The Bertz CT molecular complexity index is 744. The minimum atomic E-state index is -3.61. The molecule has 2 heterocycles. The van der Waals surface area contributed by atoms with Crippen LogP contribution in [-0.2, 0) is 10.0 Å². The van der Waals surface area contributed by atoms with Gasteiger partial charge >= 0.3 is 0 Å². The van der Waals surface area contributed by atoms with Crippen molar-refractivity contribution in [3.63, 3.8) is 0 Å². The molecule has 2 aromatic heterocycles. The molecule has 3 rings (SSSR count). The van der Waals surface area contributed by atoms with Gasteiger partial charge in [0, 0.05) is 6.20 Å². The molecule has 0 aliphatic heterocycles. The fourth-order valence-electron chi connectivity index (χ4n) is 1.48. The highest BCUT2D eigenvalue weighted by atomic mass is 32.2. The summed E-state index contributed by atoms with van der Waals surface area (Å²) in [4.78, 5) is 4.29. The van der Waals surface area contributed by atoms with E-state index in [0.29, 0.717) is 5.13 Å². The number of nitrogens with zero attached hydrogens (tertiary/aromatic N) is 2. The zero-order valence-corrected chi connectivity index (χ0v) is 10.6. The Morgan fingerprint density at radius 3 is 2.83 bits per heavy atom. The summed E-state index contributed by atoms with van der Waals surface area (Å²) in [6.45, 7) is 0. The second-order valence-electron chi connectivity index (χ2n) is 3.53. The molecule has 0 radical (unpaired) electrons. The molecular formula is C10H8N4O2S2. The molecule has 0 spiro atoms. The third kappa shape index (κ3) is 1.95. The molecule has 1 aromatic carbocycles. The van der Waals surface area contributed by atoms with Gasteiger partial charge in [0.05, 0.1) is 16.4 Å². The third-order valence-corrected chi connectivity index (χ3v) is 4.69. The van der Waals surface area contributed by atoms with Gasteiger partial charge in [-0.1, -0.05) is 23.5 Å². The van der Waals surface area contributed by atoms with Gasteiger partial charge < -0.3 is 0 Å². The summed E-state index contributed by atoms with van der Waals surface area (Å²) in [5.41, 5.74) is 0.771. The first kappa shape index (κ1) is 11.2. The van der Waals surface area contributed by atoms with Crippen molar-refractivity contribution in [1.82, 2.24) is 15.2 Å². The lowest BCUT2D eigenvalue weighted by atomic mass is 10.3. The van der Waals surface area contributed by atoms with Crippen molar-refractivity contribution < 1.29 is 8.42 Å². The van der Waals surface area contributed by atoms with Gasteiger partial charge in [0.1, 0.15) is 4.90 Å². The fraction of sp³-hybridized carbons (Fsp3) is 0. The SMILES string of the molecule is O=S(=O)(Nc1nc2ccccc2s1)c1cn[nH]c1. The summed E-state index contributed by atoms with van der Waals surface area (Å²) >= 11 is 1.29. The van der Waals surface area contributed by atoms with Gasteiger partial charge in [-0.3, -0.25) is 9.82 Å². The van der Waals surface area contributed by atoms with E-state index in [1.54, 1.807) is 0 Å². The number of hydrogen-bond donors (Lipinski definition) is 2. The molecule has 0 fully saturated rings. The second-order valence-corrected chi connectivity index (χ2v) is 6.24. The van der Waals surface area contributed by atoms with Crippen LogP contribution in [0.4, 0.5) is 5.13 Å². The van der Waals surface area contributed by atoms with Gasteiger partial charge in [0.25, 0.3) is 10.0 Å². The number of aromatic amines is 1. The maximum atomic E-state index is 11.9. The van der Waals surface area contributed by atoms with Gasteiger partial charge in [-0.25, -0.2) is 13.4 Å². The molecule has 18 heavy (non-hydrogen) atoms. The Labute approximate surface area is 107 Å². The lowest BCUT2D eigenvalue weighted by Gasteiger charge is -2.00. The van der Waals surface area contributed by atoms with Crippen LogP contribution in [0.5, 0.6) is 0 Å². The number of aromatic nitrogens is 3. The number of rotatable bonds is 3. The van der Waals surface area contributed by atoms with Crippen LogP contribution in [0.3, 0.4) is 0 Å². The number of nitrogens with one attached hydrogen (secondary N) is 2. The number of thiazole rings is 1. The molecule has 2 N–H and O–H groups in total. The average Bonchev–Trinajstić information content (AvgIpc) is 2.96. The first-order valence-electron chi connectivity index (χ1n) is 5.02. The predicted octanol–water partition coefficient (Wildman–Crippen LogP) is 1.82. The Balaban J connectivity index is 1.97. The summed E-state index contributed by atoms with van der Waals surface area (Å²) in [5.74, 6) is 0. The Hall–Kier alpha value is -1.93. The van der Waals surface area contributed by atoms with E-state index in [9.17, 15) is 8.42 Å². The highest BCUT2D eigenvalue weighted by molar-refractivity contribution is 7.93. The topological polar surface area (TPSA) is 87.7 Å². The van der Waals surface area contributed by atoms with E-state index in [-0.39, 0.29) is 4.90 Å². The molecule has 0 saturated heterocycles. The van der Waals surface area contributed by atoms with Crippen molar-refractivity contribution in [2.45, 2.75) is 4.90 Å². The first-order chi connectivity index (χ1) is 8.65. The number of benzene rings is 1. The first-order valence-corrected chi connectivity index (χ1v) is 7.32. The maximum absolute atomic E-state index is 11.9. The fourth-order valence-corrected chi connectivity index (χ4v) is 3.48. The molecule has 0 saturated carbocycles. The summed E-state index contributed by atoms with van der Waals surface area (Å²) in [6.07, 6.45) is 2.56. The van der Waals surface area contributed by atoms with Crippen molar-refractivity contribution in [3.8, 4) is 0 Å². The summed E-state index contributed by atoms with van der Waals surface area (Å²) < 4.78 is 27.2. The highest BCUT2D eigenvalue weighted by Crippen LogP contribution is 2.27. The minimum absolute atomic E-state index is 0.0850. The molecule has 0 aliphatic carbocycles. The largest absolute Gasteiger partial charge is 0.284 e. The lowest BCUT2D eigenvalue weighted by molar-refractivity contribution is 0.601. The van der Waals surface area contributed by atoms with Crippen LogP contribution < -0.4 is 4.72 Å². The molecule has 92 valence electrons. The number of fused-ring (bicyclic) bond motifs is 1. The van der Waals surface area contributed by atoms with E-state index in [1.807, 2.05) is 24.3 Å². The van der Waals surface area contributed by atoms with Gasteiger partial charge in [-0.15, -0.1) is 0 Å². The van der Waals surface area contributed by atoms with E-state index >= 15 is 0 Å². The summed E-state index contributed by atoms with van der Waals surface area (Å²) in [7, 11) is -3.61. The van der Waals surface area contributed by atoms with Crippen LogP contribution in [-0.4, -0.2) is 23.6 Å². The van der Waals surface area contributed by atoms with Crippen molar-refractivity contribution in [2.75, 3.05) is 4.72 Å². The van der Waals surface area contributed by atoms with E-state index in [0.717, 1.165) is 10.2 Å². The Morgan fingerprint density at radius 2 is 2.11 bits per heavy atom. The summed E-state index contributed by atoms with van der Waals surface area (Å²) in [6, 6.07) is 7.47. The quantitative estimate of drug-likeness (QED) is 0.766. The van der Waals surface area contributed by atoms with Crippen molar-refractivity contribution >= 4 is 36.7 Å². The number of para-hydroxylation sites is 1. The van der Waals surface area contributed by atoms with Gasteiger partial charge in [-0.2, -0.15) is 5.10 Å². The van der Waals surface area contributed by atoms with Crippen LogP contribution in [0.25, 0.3) is 10.2 Å². The minimum Gasteiger partial charge on any atom is -0.284 e. The maximum Gasteiger partial charge on any atom is 0.266 e. The van der Waals surface area contributed by atoms with E-state index < -0.39 is 10.0 Å². The predicted molar refractivity (Wildman–Crippen MR) is 69.0 cm³/mol. The Morgan fingerprint density at radius 1 is 1.28 bits per heavy atom. The molecule has 0 bridgehead atoms. The lowest BCUT2D eigenvalue weighted by Crippen LogP contribution is -2.11. The highest BCUT2D eigenvalue weighted by Gasteiger charge is 2.17. The van der Waals surface area contributed by atoms with E-state index in [1.165, 1.54) is 23.7 Å². The molecule has 0 amide bonds. The third-order valence-electron chi connectivity index (χ3n) is 2.30. The number of H-pyrrole nitrogens is 1. The van der Waals surface area contributed by atoms with Gasteiger partial charge in [-0.05, 0) is 12.1 Å².